The second-order valence-corrected chi connectivity index (χ2v) is 6.70. The maximum Gasteiger partial charge on any atom is 0.251 e. The van der Waals surface area contributed by atoms with Crippen LogP contribution >= 0.6 is 0 Å². The molecule has 0 aliphatic heterocycles. The van der Waals surface area contributed by atoms with E-state index in [9.17, 15) is 14.7 Å². The predicted molar refractivity (Wildman–Crippen MR) is 102 cm³/mol. The highest BCUT2D eigenvalue weighted by Gasteiger charge is 2.20. The largest absolute Gasteiger partial charge is 0.457 e. The molecule has 0 radical (unpaired) electrons. The number of hydrogen-bond donors (Lipinski definition) is 3. The maximum atomic E-state index is 12.2. The van der Waals surface area contributed by atoms with Crippen LogP contribution in [0.2, 0.25) is 0 Å². The van der Waals surface area contributed by atoms with Crippen LogP contribution in [0.4, 0.5) is 0 Å². The van der Waals surface area contributed by atoms with E-state index in [4.69, 9.17) is 4.74 Å². The molecular formula is C21H24N2O4. The number of para-hydroxylation sites is 1. The fourth-order valence-corrected chi connectivity index (χ4v) is 3.06. The molecular weight excluding hydrogens is 344 g/mol. The minimum absolute atomic E-state index is 0.0693. The van der Waals surface area contributed by atoms with E-state index in [-0.39, 0.29) is 30.5 Å². The van der Waals surface area contributed by atoms with Gasteiger partial charge in [-0.1, -0.05) is 18.2 Å². The van der Waals surface area contributed by atoms with Crippen molar-refractivity contribution in [2.45, 2.75) is 37.8 Å². The molecule has 0 bridgehead atoms. The van der Waals surface area contributed by atoms with Gasteiger partial charge in [-0.2, -0.15) is 0 Å². The number of aliphatic hydroxyl groups excluding tert-OH is 1. The first kappa shape index (κ1) is 18.9. The van der Waals surface area contributed by atoms with E-state index in [2.05, 4.69) is 10.6 Å². The van der Waals surface area contributed by atoms with E-state index in [1.807, 2.05) is 30.3 Å². The topological polar surface area (TPSA) is 87.7 Å². The molecule has 2 aromatic rings. The average Bonchev–Trinajstić information content (AvgIpc) is 2.69. The number of rotatable bonds is 6. The van der Waals surface area contributed by atoms with Crippen molar-refractivity contribution in [3.8, 4) is 11.5 Å². The van der Waals surface area contributed by atoms with E-state index in [1.54, 1.807) is 24.3 Å². The van der Waals surface area contributed by atoms with Gasteiger partial charge in [0.05, 0.1) is 12.6 Å². The van der Waals surface area contributed by atoms with Crippen molar-refractivity contribution in [2.24, 2.45) is 0 Å². The van der Waals surface area contributed by atoms with E-state index in [0.717, 1.165) is 18.6 Å². The average molecular weight is 368 g/mol. The summed E-state index contributed by atoms with van der Waals surface area (Å²) in [5, 5.41) is 15.0. The third kappa shape index (κ3) is 5.82. The molecule has 2 aromatic carbocycles. The standard InChI is InChI=1S/C21H24N2O4/c24-17-10-8-16(9-11-17)23-20(25)14-22-21(26)15-6-12-19(13-7-15)27-18-4-2-1-3-5-18/h1-7,12-13,16-17,24H,8-11,14H2,(H,22,26)(H,23,25). The minimum atomic E-state index is -0.310. The third-order valence-electron chi connectivity index (χ3n) is 4.57. The molecule has 3 rings (SSSR count). The molecule has 0 spiro atoms. The number of aliphatic hydroxyl groups is 1. The monoisotopic (exact) mass is 368 g/mol. The van der Waals surface area contributed by atoms with Crippen LogP contribution in [-0.2, 0) is 4.79 Å². The molecule has 0 heterocycles. The van der Waals surface area contributed by atoms with Crippen LogP contribution in [-0.4, -0.2) is 35.6 Å². The quantitative estimate of drug-likeness (QED) is 0.731. The molecule has 3 N–H and O–H groups in total. The Morgan fingerprint density at radius 1 is 0.926 bits per heavy atom. The molecule has 0 aromatic heterocycles. The third-order valence-corrected chi connectivity index (χ3v) is 4.57. The molecule has 0 unspecified atom stereocenters. The fraction of sp³-hybridized carbons (Fsp3) is 0.333. The molecule has 27 heavy (non-hydrogen) atoms. The zero-order valence-corrected chi connectivity index (χ0v) is 15.1. The molecule has 2 amide bonds. The van der Waals surface area contributed by atoms with Gasteiger partial charge in [-0.25, -0.2) is 0 Å². The number of nitrogens with one attached hydrogen (secondary N) is 2. The molecule has 0 saturated heterocycles. The van der Waals surface area contributed by atoms with Crippen molar-refractivity contribution in [2.75, 3.05) is 6.54 Å². The predicted octanol–water partition coefficient (Wildman–Crippen LogP) is 2.63. The van der Waals surface area contributed by atoms with Crippen molar-refractivity contribution < 1.29 is 19.4 Å². The van der Waals surface area contributed by atoms with E-state index in [1.165, 1.54) is 0 Å². The molecule has 142 valence electrons. The summed E-state index contributed by atoms with van der Waals surface area (Å²) in [5.41, 5.74) is 0.462. The van der Waals surface area contributed by atoms with Crippen molar-refractivity contribution in [1.29, 1.82) is 0 Å². The van der Waals surface area contributed by atoms with Gasteiger partial charge in [0.25, 0.3) is 5.91 Å². The number of benzene rings is 2. The highest BCUT2D eigenvalue weighted by molar-refractivity contribution is 5.96. The normalized spacial score (nSPS) is 19.1. The molecule has 6 heteroatoms. The van der Waals surface area contributed by atoms with Crippen LogP contribution in [0.1, 0.15) is 36.0 Å². The van der Waals surface area contributed by atoms with Gasteiger partial charge < -0.3 is 20.5 Å². The Kier molecular flexibility index (Phi) is 6.44. The summed E-state index contributed by atoms with van der Waals surface area (Å²) in [6.45, 7) is -0.0693. The van der Waals surface area contributed by atoms with Crippen molar-refractivity contribution in [3.05, 3.63) is 60.2 Å². The van der Waals surface area contributed by atoms with Gasteiger partial charge in [0.1, 0.15) is 11.5 Å². The highest BCUT2D eigenvalue weighted by atomic mass is 16.5. The van der Waals surface area contributed by atoms with Crippen LogP contribution in [0.5, 0.6) is 11.5 Å². The summed E-state index contributed by atoms with van der Waals surface area (Å²) in [6.07, 6.45) is 2.68. The lowest BCUT2D eigenvalue weighted by molar-refractivity contribution is -0.121. The van der Waals surface area contributed by atoms with Gasteiger partial charge in [-0.05, 0) is 62.1 Å². The van der Waals surface area contributed by atoms with Gasteiger partial charge in [0, 0.05) is 11.6 Å². The summed E-state index contributed by atoms with van der Waals surface area (Å²) in [6, 6.07) is 16.2. The highest BCUT2D eigenvalue weighted by Crippen LogP contribution is 2.21. The Labute approximate surface area is 158 Å². The van der Waals surface area contributed by atoms with Crippen LogP contribution in [0, 0.1) is 0 Å². The number of amides is 2. The lowest BCUT2D eigenvalue weighted by atomic mass is 9.93. The summed E-state index contributed by atoms with van der Waals surface area (Å²) in [7, 11) is 0. The Bertz CT molecular complexity index is 754. The minimum Gasteiger partial charge on any atom is -0.457 e. The van der Waals surface area contributed by atoms with E-state index in [0.29, 0.717) is 24.2 Å². The van der Waals surface area contributed by atoms with Crippen molar-refractivity contribution in [3.63, 3.8) is 0 Å². The van der Waals surface area contributed by atoms with Crippen LogP contribution in [0.3, 0.4) is 0 Å². The van der Waals surface area contributed by atoms with Crippen LogP contribution in [0.15, 0.2) is 54.6 Å². The molecule has 1 aliphatic rings. The summed E-state index contributed by atoms with van der Waals surface area (Å²) in [5.74, 6) is 0.834. The lowest BCUT2D eigenvalue weighted by Crippen LogP contribution is -2.43. The van der Waals surface area contributed by atoms with Gasteiger partial charge in [-0.15, -0.1) is 0 Å². The summed E-state index contributed by atoms with van der Waals surface area (Å²) < 4.78 is 5.69. The second-order valence-electron chi connectivity index (χ2n) is 6.70. The van der Waals surface area contributed by atoms with Crippen molar-refractivity contribution >= 4 is 11.8 Å². The van der Waals surface area contributed by atoms with E-state index >= 15 is 0 Å². The van der Waals surface area contributed by atoms with Gasteiger partial charge in [0.15, 0.2) is 0 Å². The zero-order valence-electron chi connectivity index (χ0n) is 15.1. The number of hydrogen-bond acceptors (Lipinski definition) is 4. The first-order valence-electron chi connectivity index (χ1n) is 9.19. The SMILES string of the molecule is O=C(CNC(=O)c1ccc(Oc2ccccc2)cc1)NC1CCC(O)CC1. The van der Waals surface area contributed by atoms with E-state index < -0.39 is 0 Å². The first-order valence-corrected chi connectivity index (χ1v) is 9.19. The number of carbonyl (C=O) groups is 2. The fourth-order valence-electron chi connectivity index (χ4n) is 3.06. The van der Waals surface area contributed by atoms with Crippen LogP contribution < -0.4 is 15.4 Å². The smallest absolute Gasteiger partial charge is 0.251 e. The molecule has 1 fully saturated rings. The number of ether oxygens (including phenoxy) is 1. The van der Waals surface area contributed by atoms with Gasteiger partial charge in [-0.3, -0.25) is 9.59 Å². The molecule has 6 nitrogen and oxygen atoms in total. The summed E-state index contributed by atoms with van der Waals surface area (Å²) >= 11 is 0. The van der Waals surface area contributed by atoms with Gasteiger partial charge >= 0.3 is 0 Å². The Hall–Kier alpha value is -2.86. The number of carbonyl (C=O) groups excluding carboxylic acids is 2. The summed E-state index contributed by atoms with van der Waals surface area (Å²) in [4.78, 5) is 24.2. The maximum absolute atomic E-state index is 12.2. The lowest BCUT2D eigenvalue weighted by Gasteiger charge is -2.26. The van der Waals surface area contributed by atoms with Crippen LogP contribution in [0.25, 0.3) is 0 Å². The second kappa shape index (κ2) is 9.19. The molecule has 1 aliphatic carbocycles. The van der Waals surface area contributed by atoms with Gasteiger partial charge in [0.2, 0.25) is 5.91 Å². The van der Waals surface area contributed by atoms with Crippen molar-refractivity contribution in [1.82, 2.24) is 10.6 Å². The molecule has 1 saturated carbocycles. The Morgan fingerprint density at radius 2 is 1.56 bits per heavy atom. The Morgan fingerprint density at radius 3 is 2.22 bits per heavy atom. The molecule has 0 atom stereocenters. The zero-order chi connectivity index (χ0) is 19.1. The first-order chi connectivity index (χ1) is 13.1. The Balaban J connectivity index is 1.44.